The van der Waals surface area contributed by atoms with E-state index in [1.54, 1.807) is 22.2 Å². The zero-order valence-electron chi connectivity index (χ0n) is 23.9. The van der Waals surface area contributed by atoms with Gasteiger partial charge in [0, 0.05) is 32.0 Å². The number of aromatic nitrogens is 4. The van der Waals surface area contributed by atoms with E-state index >= 15 is 0 Å². The number of carbonyl (C=O) groups is 1. The van der Waals surface area contributed by atoms with Crippen molar-refractivity contribution in [1.29, 1.82) is 0 Å². The Morgan fingerprint density at radius 3 is 2.28 bits per heavy atom. The molecule has 12 heteroatoms. The highest BCUT2D eigenvalue weighted by Crippen LogP contribution is 2.48. The molecule has 9 nitrogen and oxygen atoms in total. The van der Waals surface area contributed by atoms with Crippen molar-refractivity contribution in [3.8, 4) is 0 Å². The molecule has 2 fully saturated rings. The number of halogens is 2. The number of nitrogens with one attached hydrogen (secondary N) is 1. The molecule has 1 aliphatic carbocycles. The molecule has 2 aromatic heterocycles. The predicted octanol–water partition coefficient (Wildman–Crippen LogP) is 5.55. The minimum Gasteiger partial charge on any atom is -0.409 e. The number of nitrogens with zero attached hydrogens (tertiary/aromatic N) is 6. The summed E-state index contributed by atoms with van der Waals surface area (Å²) in [6, 6.07) is 0.331. The molecule has 0 atom stereocenters. The molecule has 0 radical (unpaired) electrons. The number of fused-ring (bicyclic) bond motifs is 1. The van der Waals surface area contributed by atoms with Gasteiger partial charge >= 0.3 is 0 Å². The first-order chi connectivity index (χ1) is 18.1. The molecule has 3 aliphatic rings. The Balaban J connectivity index is 1.48. The van der Waals surface area contributed by atoms with Crippen LogP contribution in [0, 0.1) is 0 Å². The third-order valence-electron chi connectivity index (χ3n) is 8.46. The van der Waals surface area contributed by atoms with E-state index in [2.05, 4.69) is 49.1 Å². The third kappa shape index (κ3) is 5.37. The normalized spacial score (nSPS) is 20.8. The van der Waals surface area contributed by atoms with Gasteiger partial charge < -0.3 is 14.6 Å². The van der Waals surface area contributed by atoms with E-state index in [1.165, 1.54) is 0 Å². The van der Waals surface area contributed by atoms with E-state index in [0.717, 1.165) is 18.4 Å². The van der Waals surface area contributed by atoms with Gasteiger partial charge in [-0.25, -0.2) is 28.7 Å². The maximum atomic E-state index is 13.8. The first-order valence-electron chi connectivity index (χ1n) is 13.7. The van der Waals surface area contributed by atoms with Crippen molar-refractivity contribution in [3.05, 3.63) is 23.8 Å². The maximum absolute atomic E-state index is 13.8. The van der Waals surface area contributed by atoms with Crippen molar-refractivity contribution in [2.45, 2.75) is 102 Å². The van der Waals surface area contributed by atoms with Crippen LogP contribution in [0.2, 0.25) is 18.1 Å². The highest BCUT2D eigenvalue weighted by molar-refractivity contribution is 6.74. The summed E-state index contributed by atoms with van der Waals surface area (Å²) in [5.41, 5.74) is 0.353. The van der Waals surface area contributed by atoms with Gasteiger partial charge in [0.05, 0.1) is 35.7 Å². The van der Waals surface area contributed by atoms with Gasteiger partial charge in [-0.3, -0.25) is 9.69 Å². The summed E-state index contributed by atoms with van der Waals surface area (Å²) in [6.07, 6.45) is 4.81. The van der Waals surface area contributed by atoms with Crippen molar-refractivity contribution >= 4 is 37.5 Å². The minimum atomic E-state index is -2.65. The highest BCUT2D eigenvalue weighted by atomic mass is 28.4. The Kier molecular flexibility index (Phi) is 6.73. The Labute approximate surface area is 229 Å². The Hall–Kier alpha value is -2.73. The van der Waals surface area contributed by atoms with Crippen LogP contribution < -0.4 is 15.1 Å². The number of piperidine rings is 1. The number of hydrogen-bond acceptors (Lipinski definition) is 8. The second-order valence-corrected chi connectivity index (χ2v) is 17.8. The number of rotatable bonds is 7. The molecule has 0 unspecified atom stereocenters. The van der Waals surface area contributed by atoms with Crippen molar-refractivity contribution in [2.24, 2.45) is 0 Å². The average Bonchev–Trinajstić information content (AvgIpc) is 3.63. The largest absolute Gasteiger partial charge is 0.409 e. The molecule has 1 N–H and O–H groups in total. The van der Waals surface area contributed by atoms with Crippen molar-refractivity contribution < 1.29 is 18.0 Å². The minimum absolute atomic E-state index is 0.0339. The number of anilines is 4. The van der Waals surface area contributed by atoms with E-state index in [9.17, 15) is 13.6 Å². The Bertz CT molecular complexity index is 1250. The summed E-state index contributed by atoms with van der Waals surface area (Å²) in [5.74, 6) is -0.727. The molecule has 0 bridgehead atoms. The van der Waals surface area contributed by atoms with Gasteiger partial charge in [-0.15, -0.1) is 0 Å². The highest BCUT2D eigenvalue weighted by Gasteiger charge is 2.49. The van der Waals surface area contributed by atoms with Crippen LogP contribution in [0.15, 0.2) is 12.4 Å². The molecule has 2 aliphatic heterocycles. The first kappa shape index (κ1) is 27.8. The zero-order chi connectivity index (χ0) is 28.4. The van der Waals surface area contributed by atoms with Crippen LogP contribution in [-0.4, -0.2) is 59.2 Å². The van der Waals surface area contributed by atoms with Crippen molar-refractivity contribution in [2.75, 3.05) is 28.2 Å². The van der Waals surface area contributed by atoms with Gasteiger partial charge in [-0.1, -0.05) is 20.8 Å². The van der Waals surface area contributed by atoms with Crippen LogP contribution in [-0.2, 0) is 21.2 Å². The van der Waals surface area contributed by atoms with Gasteiger partial charge in [0.25, 0.3) is 5.92 Å². The summed E-state index contributed by atoms with van der Waals surface area (Å²) < 4.78 is 33.7. The maximum Gasteiger partial charge on any atom is 0.251 e. The standard InChI is InChI=1S/C27H39F2N7O2Si/c1-25(2,3)39(6,7)38-16-19-33-21(32-17-8-9-17)20-22(34-19)36(23(37)26(20,4)5)18-14-30-24(31-15-18)35-12-10-27(28,29)11-13-35/h14-15,17H,8-13,16H2,1-7H3,(H,32,33,34). The van der Waals surface area contributed by atoms with Gasteiger partial charge in [0.1, 0.15) is 11.6 Å². The fourth-order valence-corrected chi connectivity index (χ4v) is 5.55. The van der Waals surface area contributed by atoms with Crippen LogP contribution in [0.25, 0.3) is 0 Å². The topological polar surface area (TPSA) is 96.4 Å². The Morgan fingerprint density at radius 1 is 1.10 bits per heavy atom. The second kappa shape index (κ2) is 9.43. The van der Waals surface area contributed by atoms with E-state index in [-0.39, 0.29) is 43.5 Å². The van der Waals surface area contributed by atoms with E-state index < -0.39 is 19.7 Å². The van der Waals surface area contributed by atoms with Gasteiger partial charge in [0.2, 0.25) is 11.9 Å². The summed E-state index contributed by atoms with van der Waals surface area (Å²) in [5, 5.41) is 3.55. The molecule has 5 rings (SSSR count). The molecular formula is C27H39F2N7O2Si. The van der Waals surface area contributed by atoms with Crippen molar-refractivity contribution in [1.82, 2.24) is 19.9 Å². The van der Waals surface area contributed by atoms with Gasteiger partial charge in [-0.05, 0) is 44.8 Å². The van der Waals surface area contributed by atoms with E-state index in [1.807, 2.05) is 13.8 Å². The smallest absolute Gasteiger partial charge is 0.251 e. The van der Waals surface area contributed by atoms with Crippen LogP contribution in [0.4, 0.5) is 32.1 Å². The summed E-state index contributed by atoms with van der Waals surface area (Å²) in [4.78, 5) is 35.7. The first-order valence-corrected chi connectivity index (χ1v) is 16.6. The fourth-order valence-electron chi connectivity index (χ4n) is 4.63. The van der Waals surface area contributed by atoms with Crippen molar-refractivity contribution in [3.63, 3.8) is 0 Å². The van der Waals surface area contributed by atoms with E-state index in [4.69, 9.17) is 14.4 Å². The molecule has 39 heavy (non-hydrogen) atoms. The van der Waals surface area contributed by atoms with E-state index in [0.29, 0.717) is 35.1 Å². The lowest BCUT2D eigenvalue weighted by Crippen LogP contribution is -2.40. The number of amides is 1. The summed E-state index contributed by atoms with van der Waals surface area (Å²) in [7, 11) is -2.06. The lowest BCUT2D eigenvalue weighted by atomic mass is 9.87. The predicted molar refractivity (Wildman–Crippen MR) is 149 cm³/mol. The fraction of sp³-hybridized carbons (Fsp3) is 0.667. The van der Waals surface area contributed by atoms with Crippen LogP contribution in [0.5, 0.6) is 0 Å². The zero-order valence-corrected chi connectivity index (χ0v) is 24.9. The van der Waals surface area contributed by atoms with Crippen LogP contribution in [0.1, 0.15) is 71.7 Å². The third-order valence-corrected chi connectivity index (χ3v) is 12.9. The van der Waals surface area contributed by atoms with Crippen LogP contribution in [0.3, 0.4) is 0 Å². The Morgan fingerprint density at radius 2 is 1.72 bits per heavy atom. The summed E-state index contributed by atoms with van der Waals surface area (Å²) >= 11 is 0. The van der Waals surface area contributed by atoms with Crippen LogP contribution >= 0.6 is 0 Å². The molecule has 1 saturated heterocycles. The quantitative estimate of drug-likeness (QED) is 0.441. The lowest BCUT2D eigenvalue weighted by molar-refractivity contribution is -0.121. The number of hydrogen-bond donors (Lipinski definition) is 1. The molecule has 0 spiro atoms. The number of alkyl halides is 2. The molecule has 1 amide bonds. The lowest BCUT2D eigenvalue weighted by Gasteiger charge is -2.36. The monoisotopic (exact) mass is 559 g/mol. The molecule has 1 saturated carbocycles. The molecule has 4 heterocycles. The average molecular weight is 560 g/mol. The summed E-state index contributed by atoms with van der Waals surface area (Å²) in [6.45, 7) is 15.3. The molecule has 0 aromatic carbocycles. The molecular weight excluding hydrogens is 520 g/mol. The molecule has 2 aromatic rings. The van der Waals surface area contributed by atoms with Gasteiger partial charge in [0.15, 0.2) is 14.1 Å². The van der Waals surface area contributed by atoms with Gasteiger partial charge in [-0.2, -0.15) is 0 Å². The molecule has 212 valence electrons. The second-order valence-electron chi connectivity index (χ2n) is 13.0. The number of carbonyl (C=O) groups excluding carboxylic acids is 1. The SMILES string of the molecule is CC1(C)C(=O)N(c2cnc(N3CCC(F)(F)CC3)nc2)c2nc(CO[Si](C)(C)C(C)(C)C)nc(NC3CC3)c21.